The molecular formula is C10H16ClN3O. The molecule has 0 saturated carbocycles. The van der Waals surface area contributed by atoms with Crippen molar-refractivity contribution in [1.29, 1.82) is 0 Å². The molecule has 4 nitrogen and oxygen atoms in total. The van der Waals surface area contributed by atoms with Crippen LogP contribution in [0.4, 0.5) is 5.82 Å². The molecule has 0 bridgehead atoms. The first-order valence-electron chi connectivity index (χ1n) is 4.92. The highest BCUT2D eigenvalue weighted by molar-refractivity contribution is 6.21. The highest BCUT2D eigenvalue weighted by Crippen LogP contribution is 2.09. The summed E-state index contributed by atoms with van der Waals surface area (Å²) >= 11 is 6.06. The maximum atomic E-state index is 11.5. The van der Waals surface area contributed by atoms with Crippen molar-refractivity contribution in [3.8, 4) is 0 Å². The lowest BCUT2D eigenvalue weighted by Crippen LogP contribution is -2.26. The Morgan fingerprint density at radius 2 is 2.27 bits per heavy atom. The van der Waals surface area contributed by atoms with Crippen molar-refractivity contribution in [3.05, 3.63) is 22.7 Å². The van der Waals surface area contributed by atoms with Crippen molar-refractivity contribution < 1.29 is 0 Å². The standard InChI is InChI=1S/C10H16ClN3O/c1-7(2)8(11)6-13-9-10(15)14(3)5-4-12-9/h4-5,7-8H,6H2,1-3H3,(H,12,13). The summed E-state index contributed by atoms with van der Waals surface area (Å²) < 4.78 is 1.48. The highest BCUT2D eigenvalue weighted by atomic mass is 35.5. The fourth-order valence-electron chi connectivity index (χ4n) is 1.05. The van der Waals surface area contributed by atoms with Crippen LogP contribution in [0.15, 0.2) is 17.2 Å². The van der Waals surface area contributed by atoms with Crippen LogP contribution in [0.1, 0.15) is 13.8 Å². The molecule has 5 heteroatoms. The van der Waals surface area contributed by atoms with E-state index in [0.717, 1.165) is 0 Å². The summed E-state index contributed by atoms with van der Waals surface area (Å²) in [6.07, 6.45) is 3.20. The average Bonchev–Trinajstić information content (AvgIpc) is 2.19. The van der Waals surface area contributed by atoms with E-state index < -0.39 is 0 Å². The van der Waals surface area contributed by atoms with Gasteiger partial charge in [0.25, 0.3) is 5.56 Å². The number of nitrogens with one attached hydrogen (secondary N) is 1. The zero-order chi connectivity index (χ0) is 11.4. The molecule has 1 unspecified atom stereocenters. The maximum absolute atomic E-state index is 11.5. The zero-order valence-corrected chi connectivity index (χ0v) is 9.95. The molecule has 1 atom stereocenters. The Morgan fingerprint density at radius 1 is 1.60 bits per heavy atom. The Labute approximate surface area is 94.3 Å². The van der Waals surface area contributed by atoms with Gasteiger partial charge in [0, 0.05) is 26.0 Å². The number of nitrogens with zero attached hydrogens (tertiary/aromatic N) is 2. The fraction of sp³-hybridized carbons (Fsp3) is 0.600. The van der Waals surface area contributed by atoms with Crippen molar-refractivity contribution in [1.82, 2.24) is 9.55 Å². The quantitative estimate of drug-likeness (QED) is 0.796. The molecule has 0 aromatic carbocycles. The Hall–Kier alpha value is -1.03. The molecule has 0 aliphatic heterocycles. The second-order valence-corrected chi connectivity index (χ2v) is 4.39. The molecule has 84 valence electrons. The number of aromatic nitrogens is 2. The van der Waals surface area contributed by atoms with Crippen LogP contribution in [0.25, 0.3) is 0 Å². The molecule has 1 heterocycles. The first-order chi connectivity index (χ1) is 7.02. The maximum Gasteiger partial charge on any atom is 0.293 e. The second kappa shape index (κ2) is 5.16. The minimum absolute atomic E-state index is 0.00304. The number of halogens is 1. The molecule has 0 radical (unpaired) electrons. The molecule has 0 aliphatic carbocycles. The van der Waals surface area contributed by atoms with Crippen LogP contribution >= 0.6 is 11.6 Å². The molecular weight excluding hydrogens is 214 g/mol. The first kappa shape index (κ1) is 12.0. The van der Waals surface area contributed by atoms with Crippen LogP contribution in [-0.2, 0) is 7.05 Å². The van der Waals surface area contributed by atoms with Crippen molar-refractivity contribution >= 4 is 17.4 Å². The Bertz CT molecular complexity index is 375. The van der Waals surface area contributed by atoms with E-state index in [-0.39, 0.29) is 10.9 Å². The summed E-state index contributed by atoms with van der Waals surface area (Å²) in [5.74, 6) is 0.720. The van der Waals surface area contributed by atoms with E-state index in [9.17, 15) is 4.79 Å². The van der Waals surface area contributed by atoms with E-state index >= 15 is 0 Å². The van der Waals surface area contributed by atoms with E-state index in [2.05, 4.69) is 10.3 Å². The average molecular weight is 230 g/mol. The van der Waals surface area contributed by atoms with Gasteiger partial charge in [-0.05, 0) is 5.92 Å². The van der Waals surface area contributed by atoms with Crippen LogP contribution in [0.3, 0.4) is 0 Å². The van der Waals surface area contributed by atoms with Crippen molar-refractivity contribution in [3.63, 3.8) is 0 Å². The van der Waals surface area contributed by atoms with Crippen LogP contribution < -0.4 is 10.9 Å². The van der Waals surface area contributed by atoms with Gasteiger partial charge in [0.05, 0.1) is 5.38 Å². The minimum atomic E-state index is -0.134. The monoisotopic (exact) mass is 229 g/mol. The van der Waals surface area contributed by atoms with Crippen LogP contribution in [0.2, 0.25) is 0 Å². The van der Waals surface area contributed by atoms with E-state index in [0.29, 0.717) is 18.3 Å². The van der Waals surface area contributed by atoms with Gasteiger partial charge >= 0.3 is 0 Å². The molecule has 0 saturated heterocycles. The molecule has 0 spiro atoms. The minimum Gasteiger partial charge on any atom is -0.364 e. The van der Waals surface area contributed by atoms with Crippen molar-refractivity contribution in [2.24, 2.45) is 13.0 Å². The third kappa shape index (κ3) is 3.23. The molecule has 0 amide bonds. The lowest BCUT2D eigenvalue weighted by atomic mass is 10.1. The third-order valence-corrected chi connectivity index (χ3v) is 2.86. The second-order valence-electron chi connectivity index (χ2n) is 3.83. The number of aryl methyl sites for hydroxylation is 1. The fourth-order valence-corrected chi connectivity index (χ4v) is 1.13. The van der Waals surface area contributed by atoms with Gasteiger partial charge < -0.3 is 9.88 Å². The number of anilines is 1. The van der Waals surface area contributed by atoms with Gasteiger partial charge in [0.15, 0.2) is 5.82 Å². The summed E-state index contributed by atoms with van der Waals surface area (Å²) in [5.41, 5.74) is -0.134. The number of hydrogen-bond donors (Lipinski definition) is 1. The zero-order valence-electron chi connectivity index (χ0n) is 9.20. The summed E-state index contributed by atoms with van der Waals surface area (Å²) in [5, 5.41) is 2.96. The SMILES string of the molecule is CC(C)C(Cl)CNc1nccn(C)c1=O. The summed E-state index contributed by atoms with van der Waals surface area (Å²) in [6, 6.07) is 0. The lowest BCUT2D eigenvalue weighted by Gasteiger charge is -2.14. The Balaban J connectivity index is 2.66. The lowest BCUT2D eigenvalue weighted by molar-refractivity contribution is 0.615. The van der Waals surface area contributed by atoms with Gasteiger partial charge in [-0.3, -0.25) is 4.79 Å². The van der Waals surface area contributed by atoms with E-state index in [1.807, 2.05) is 13.8 Å². The predicted octanol–water partition coefficient (Wildman–Crippen LogP) is 1.46. The normalized spacial score (nSPS) is 12.9. The molecule has 1 rings (SSSR count). The largest absolute Gasteiger partial charge is 0.364 e. The summed E-state index contributed by atoms with van der Waals surface area (Å²) in [4.78, 5) is 15.5. The smallest absolute Gasteiger partial charge is 0.293 e. The van der Waals surface area contributed by atoms with Crippen LogP contribution in [0, 0.1) is 5.92 Å². The third-order valence-electron chi connectivity index (χ3n) is 2.20. The molecule has 15 heavy (non-hydrogen) atoms. The summed E-state index contributed by atoms with van der Waals surface area (Å²) in [7, 11) is 1.69. The van der Waals surface area contributed by atoms with E-state index in [4.69, 9.17) is 11.6 Å². The van der Waals surface area contributed by atoms with E-state index in [1.165, 1.54) is 4.57 Å². The molecule has 0 aliphatic rings. The van der Waals surface area contributed by atoms with Gasteiger partial charge in [-0.25, -0.2) is 4.98 Å². The van der Waals surface area contributed by atoms with Gasteiger partial charge in [-0.1, -0.05) is 13.8 Å². The van der Waals surface area contributed by atoms with E-state index in [1.54, 1.807) is 19.4 Å². The van der Waals surface area contributed by atoms with Gasteiger partial charge in [-0.2, -0.15) is 0 Å². The molecule has 1 aromatic rings. The van der Waals surface area contributed by atoms with Crippen LogP contribution in [-0.4, -0.2) is 21.5 Å². The van der Waals surface area contributed by atoms with Crippen LogP contribution in [0.5, 0.6) is 0 Å². The molecule has 1 aromatic heterocycles. The molecule has 1 N–H and O–H groups in total. The number of rotatable bonds is 4. The molecule has 0 fully saturated rings. The number of hydrogen-bond acceptors (Lipinski definition) is 3. The van der Waals surface area contributed by atoms with Crippen molar-refractivity contribution in [2.75, 3.05) is 11.9 Å². The van der Waals surface area contributed by atoms with Gasteiger partial charge in [0.1, 0.15) is 0 Å². The Morgan fingerprint density at radius 3 is 2.87 bits per heavy atom. The first-order valence-corrected chi connectivity index (χ1v) is 5.35. The van der Waals surface area contributed by atoms with Crippen molar-refractivity contribution in [2.45, 2.75) is 19.2 Å². The Kier molecular flexibility index (Phi) is 4.15. The van der Waals surface area contributed by atoms with Gasteiger partial charge in [-0.15, -0.1) is 11.6 Å². The summed E-state index contributed by atoms with van der Waals surface area (Å²) in [6.45, 7) is 4.62. The number of alkyl halides is 1. The van der Waals surface area contributed by atoms with Gasteiger partial charge in [0.2, 0.25) is 0 Å². The topological polar surface area (TPSA) is 46.9 Å². The predicted molar refractivity (Wildman–Crippen MR) is 62.4 cm³/mol. The highest BCUT2D eigenvalue weighted by Gasteiger charge is 2.10.